The van der Waals surface area contributed by atoms with Crippen LogP contribution in [-0.2, 0) is 11.3 Å². The molecular formula is C11H19N3O2. The molecule has 0 aromatic carbocycles. The van der Waals surface area contributed by atoms with Gasteiger partial charge in [0.05, 0.1) is 12.6 Å². The summed E-state index contributed by atoms with van der Waals surface area (Å²) in [6.45, 7) is 4.27. The maximum atomic E-state index is 11.8. The molecule has 0 saturated carbocycles. The molecule has 1 amide bonds. The quantitative estimate of drug-likeness (QED) is 0.813. The number of aromatic nitrogens is 1. The summed E-state index contributed by atoms with van der Waals surface area (Å²) in [5.41, 5.74) is 6.50. The van der Waals surface area contributed by atoms with Crippen LogP contribution in [0.1, 0.15) is 31.2 Å². The predicted molar refractivity (Wildman–Crippen MR) is 60.6 cm³/mol. The van der Waals surface area contributed by atoms with Crippen LogP contribution in [-0.4, -0.2) is 29.1 Å². The lowest BCUT2D eigenvalue weighted by Crippen LogP contribution is -2.41. The summed E-state index contributed by atoms with van der Waals surface area (Å²) in [7, 11) is 1.72. The summed E-state index contributed by atoms with van der Waals surface area (Å²) in [4.78, 5) is 13.4. The van der Waals surface area contributed by atoms with E-state index in [4.69, 9.17) is 10.3 Å². The molecule has 0 spiro atoms. The van der Waals surface area contributed by atoms with E-state index in [9.17, 15) is 4.79 Å². The molecule has 1 rings (SSSR count). The van der Waals surface area contributed by atoms with Crippen molar-refractivity contribution in [3.63, 3.8) is 0 Å². The molecule has 0 aliphatic carbocycles. The second-order valence-electron chi connectivity index (χ2n) is 4.02. The summed E-state index contributed by atoms with van der Waals surface area (Å²) in [6, 6.07) is 1.40. The molecule has 5 heteroatoms. The molecular weight excluding hydrogens is 206 g/mol. The number of rotatable bonds is 5. The average Bonchev–Trinajstić information content (AvgIpc) is 2.63. The van der Waals surface area contributed by atoms with Gasteiger partial charge in [0.1, 0.15) is 11.5 Å². The lowest BCUT2D eigenvalue weighted by atomic mass is 10.1. The third-order valence-corrected chi connectivity index (χ3v) is 2.37. The Balaban J connectivity index is 2.51. The molecule has 1 unspecified atom stereocenters. The first-order valence-corrected chi connectivity index (χ1v) is 5.47. The zero-order valence-electron chi connectivity index (χ0n) is 10.1. The number of nitrogens with two attached hydrogens (primary N) is 1. The van der Waals surface area contributed by atoms with Gasteiger partial charge >= 0.3 is 0 Å². The number of aryl methyl sites for hydroxylation is 1. The topological polar surface area (TPSA) is 72.4 Å². The summed E-state index contributed by atoms with van der Waals surface area (Å²) >= 11 is 0. The van der Waals surface area contributed by atoms with Crippen molar-refractivity contribution < 1.29 is 9.32 Å². The minimum absolute atomic E-state index is 0.0532. The van der Waals surface area contributed by atoms with Crippen LogP contribution in [0.4, 0.5) is 0 Å². The van der Waals surface area contributed by atoms with Crippen molar-refractivity contribution in [3.8, 4) is 0 Å². The van der Waals surface area contributed by atoms with Gasteiger partial charge in [-0.15, -0.1) is 0 Å². The van der Waals surface area contributed by atoms with Crippen molar-refractivity contribution in [1.82, 2.24) is 10.1 Å². The van der Waals surface area contributed by atoms with Gasteiger partial charge in [-0.05, 0) is 13.3 Å². The first-order chi connectivity index (χ1) is 7.54. The zero-order valence-corrected chi connectivity index (χ0v) is 10.1. The monoisotopic (exact) mass is 225 g/mol. The van der Waals surface area contributed by atoms with Crippen LogP contribution in [0.15, 0.2) is 10.6 Å². The van der Waals surface area contributed by atoms with Crippen LogP contribution >= 0.6 is 0 Å². The van der Waals surface area contributed by atoms with E-state index in [1.807, 2.05) is 19.9 Å². The van der Waals surface area contributed by atoms with E-state index >= 15 is 0 Å². The number of amides is 1. The van der Waals surface area contributed by atoms with Gasteiger partial charge in [-0.1, -0.05) is 18.5 Å². The SMILES string of the molecule is CCCC(N)C(=O)N(C)Cc1cc(C)on1. The molecule has 0 fully saturated rings. The molecule has 1 aromatic rings. The van der Waals surface area contributed by atoms with Gasteiger partial charge in [0.2, 0.25) is 5.91 Å². The van der Waals surface area contributed by atoms with Crippen LogP contribution in [0.25, 0.3) is 0 Å². The largest absolute Gasteiger partial charge is 0.361 e. The fourth-order valence-electron chi connectivity index (χ4n) is 1.53. The van der Waals surface area contributed by atoms with Crippen molar-refractivity contribution in [1.29, 1.82) is 0 Å². The lowest BCUT2D eigenvalue weighted by molar-refractivity contribution is -0.132. The smallest absolute Gasteiger partial charge is 0.239 e. The van der Waals surface area contributed by atoms with Crippen LogP contribution in [0.2, 0.25) is 0 Å². The Labute approximate surface area is 95.6 Å². The highest BCUT2D eigenvalue weighted by Crippen LogP contribution is 2.06. The third kappa shape index (κ3) is 3.34. The van der Waals surface area contributed by atoms with Gasteiger partial charge in [-0.3, -0.25) is 4.79 Å². The van der Waals surface area contributed by atoms with Gasteiger partial charge in [0.15, 0.2) is 0 Å². The Kier molecular flexibility index (Phi) is 4.49. The predicted octanol–water partition coefficient (Wildman–Crippen LogP) is 1.07. The highest BCUT2D eigenvalue weighted by molar-refractivity contribution is 5.81. The number of hydrogen-bond acceptors (Lipinski definition) is 4. The normalized spacial score (nSPS) is 12.5. The van der Waals surface area contributed by atoms with E-state index in [0.717, 1.165) is 17.9 Å². The second kappa shape index (κ2) is 5.65. The molecule has 0 saturated heterocycles. The summed E-state index contributed by atoms with van der Waals surface area (Å²) in [6.07, 6.45) is 1.62. The van der Waals surface area contributed by atoms with Crippen LogP contribution in [0.5, 0.6) is 0 Å². The van der Waals surface area contributed by atoms with Gasteiger partial charge in [0.25, 0.3) is 0 Å². The number of carbonyl (C=O) groups is 1. The highest BCUT2D eigenvalue weighted by Gasteiger charge is 2.18. The minimum Gasteiger partial charge on any atom is -0.361 e. The molecule has 2 N–H and O–H groups in total. The Morgan fingerprint density at radius 3 is 2.88 bits per heavy atom. The molecule has 0 radical (unpaired) electrons. The van der Waals surface area contributed by atoms with E-state index in [1.165, 1.54) is 0 Å². The van der Waals surface area contributed by atoms with Crippen molar-refractivity contribution >= 4 is 5.91 Å². The van der Waals surface area contributed by atoms with E-state index in [2.05, 4.69) is 5.16 Å². The Morgan fingerprint density at radius 1 is 1.69 bits per heavy atom. The first kappa shape index (κ1) is 12.7. The van der Waals surface area contributed by atoms with Crippen LogP contribution < -0.4 is 5.73 Å². The standard InChI is InChI=1S/C11H19N3O2/c1-4-5-10(12)11(15)14(3)7-9-6-8(2)16-13-9/h6,10H,4-5,7,12H2,1-3H3. The van der Waals surface area contributed by atoms with Crippen LogP contribution in [0, 0.1) is 6.92 Å². The molecule has 1 heterocycles. The fraction of sp³-hybridized carbons (Fsp3) is 0.636. The summed E-state index contributed by atoms with van der Waals surface area (Å²) in [5, 5.41) is 3.83. The Hall–Kier alpha value is -1.36. The minimum atomic E-state index is -0.414. The molecule has 0 aliphatic heterocycles. The van der Waals surface area contributed by atoms with Gasteiger partial charge in [0, 0.05) is 13.1 Å². The third-order valence-electron chi connectivity index (χ3n) is 2.37. The Bertz CT molecular complexity index is 349. The van der Waals surface area contributed by atoms with E-state index in [1.54, 1.807) is 11.9 Å². The molecule has 90 valence electrons. The van der Waals surface area contributed by atoms with Gasteiger partial charge in [-0.25, -0.2) is 0 Å². The molecule has 5 nitrogen and oxygen atoms in total. The van der Waals surface area contributed by atoms with Crippen LogP contribution in [0.3, 0.4) is 0 Å². The van der Waals surface area contributed by atoms with Gasteiger partial charge < -0.3 is 15.2 Å². The maximum Gasteiger partial charge on any atom is 0.239 e. The van der Waals surface area contributed by atoms with Gasteiger partial charge in [-0.2, -0.15) is 0 Å². The van der Waals surface area contributed by atoms with Crippen molar-refractivity contribution in [2.75, 3.05) is 7.05 Å². The molecule has 1 aromatic heterocycles. The molecule has 0 aliphatic rings. The number of likely N-dealkylation sites (N-methyl/N-ethyl adjacent to an activating group) is 1. The van der Waals surface area contributed by atoms with Crippen molar-refractivity contribution in [2.45, 2.75) is 39.3 Å². The van der Waals surface area contributed by atoms with Crippen molar-refractivity contribution in [2.24, 2.45) is 5.73 Å². The molecule has 1 atom stereocenters. The fourth-order valence-corrected chi connectivity index (χ4v) is 1.53. The van der Waals surface area contributed by atoms with E-state index in [-0.39, 0.29) is 5.91 Å². The highest BCUT2D eigenvalue weighted by atomic mass is 16.5. The number of nitrogens with zero attached hydrogens (tertiary/aromatic N) is 2. The lowest BCUT2D eigenvalue weighted by Gasteiger charge is -2.19. The maximum absolute atomic E-state index is 11.8. The summed E-state index contributed by atoms with van der Waals surface area (Å²) < 4.78 is 4.93. The first-order valence-electron chi connectivity index (χ1n) is 5.47. The number of carbonyl (C=O) groups excluding carboxylic acids is 1. The molecule has 16 heavy (non-hydrogen) atoms. The summed E-state index contributed by atoms with van der Waals surface area (Å²) in [5.74, 6) is 0.691. The van der Waals surface area contributed by atoms with E-state index in [0.29, 0.717) is 13.0 Å². The van der Waals surface area contributed by atoms with E-state index < -0.39 is 6.04 Å². The van der Waals surface area contributed by atoms with Crippen molar-refractivity contribution in [3.05, 3.63) is 17.5 Å². The zero-order chi connectivity index (χ0) is 12.1. The Morgan fingerprint density at radius 2 is 2.38 bits per heavy atom. The number of hydrogen-bond donors (Lipinski definition) is 1. The second-order valence-corrected chi connectivity index (χ2v) is 4.02. The molecule has 0 bridgehead atoms. The average molecular weight is 225 g/mol.